The van der Waals surface area contributed by atoms with Crippen LogP contribution in [0.15, 0.2) is 29.4 Å². The van der Waals surface area contributed by atoms with Crippen LogP contribution >= 0.6 is 0 Å². The first kappa shape index (κ1) is 14.2. The smallest absolute Gasteiger partial charge is 0.145 e. The van der Waals surface area contributed by atoms with E-state index >= 15 is 0 Å². The van der Waals surface area contributed by atoms with Gasteiger partial charge in [-0.05, 0) is 38.0 Å². The molecular weight excluding hydrogens is 252 g/mol. The Bertz CT molecular complexity index is 664. The van der Waals surface area contributed by atoms with E-state index in [2.05, 4.69) is 9.98 Å². The van der Waals surface area contributed by atoms with Crippen molar-refractivity contribution in [1.82, 2.24) is 4.98 Å². The summed E-state index contributed by atoms with van der Waals surface area (Å²) in [6.07, 6.45) is 3.14. The Balaban J connectivity index is 2.46. The van der Waals surface area contributed by atoms with Crippen LogP contribution in [0.3, 0.4) is 0 Å². The molecule has 0 saturated heterocycles. The van der Waals surface area contributed by atoms with E-state index in [4.69, 9.17) is 0 Å². The second-order valence-corrected chi connectivity index (χ2v) is 4.77. The Kier molecular flexibility index (Phi) is 4.15. The number of aryl methyl sites for hydroxylation is 2. The van der Waals surface area contributed by atoms with Crippen molar-refractivity contribution in [1.29, 1.82) is 0 Å². The fourth-order valence-electron chi connectivity index (χ4n) is 1.93. The Morgan fingerprint density at radius 3 is 2.70 bits per heavy atom. The van der Waals surface area contributed by atoms with Crippen molar-refractivity contribution in [3.05, 3.63) is 52.3 Å². The summed E-state index contributed by atoms with van der Waals surface area (Å²) >= 11 is 0. The topological polar surface area (TPSA) is 65.7 Å². The molecule has 0 aliphatic carbocycles. The molecule has 1 aromatic carbocycles. The van der Waals surface area contributed by atoms with Crippen molar-refractivity contribution < 1.29 is 10.2 Å². The molecule has 2 aromatic rings. The van der Waals surface area contributed by atoms with Gasteiger partial charge in [0.15, 0.2) is 0 Å². The number of nitrogens with zero attached hydrogens (tertiary/aromatic N) is 2. The van der Waals surface area contributed by atoms with Gasteiger partial charge in [-0.25, -0.2) is 0 Å². The van der Waals surface area contributed by atoms with Crippen LogP contribution < -0.4 is 0 Å². The molecule has 104 valence electrons. The van der Waals surface area contributed by atoms with Crippen LogP contribution in [-0.4, -0.2) is 21.4 Å². The van der Waals surface area contributed by atoms with Crippen molar-refractivity contribution >= 4 is 11.9 Å². The molecule has 0 fully saturated rings. The highest BCUT2D eigenvalue weighted by Gasteiger charge is 2.09. The van der Waals surface area contributed by atoms with Crippen molar-refractivity contribution in [3.63, 3.8) is 0 Å². The highest BCUT2D eigenvalue weighted by atomic mass is 16.3. The molecule has 1 heterocycles. The summed E-state index contributed by atoms with van der Waals surface area (Å²) in [7, 11) is 0. The van der Waals surface area contributed by atoms with Gasteiger partial charge in [0.25, 0.3) is 0 Å². The van der Waals surface area contributed by atoms with Gasteiger partial charge in [-0.3, -0.25) is 9.98 Å². The zero-order chi connectivity index (χ0) is 14.7. The third kappa shape index (κ3) is 2.70. The van der Waals surface area contributed by atoms with Crippen molar-refractivity contribution in [3.8, 4) is 5.75 Å². The minimum atomic E-state index is -0.186. The van der Waals surface area contributed by atoms with Crippen LogP contribution in [0.25, 0.3) is 0 Å². The van der Waals surface area contributed by atoms with Gasteiger partial charge in [-0.2, -0.15) is 0 Å². The van der Waals surface area contributed by atoms with Crippen LogP contribution in [0.2, 0.25) is 0 Å². The van der Waals surface area contributed by atoms with Gasteiger partial charge in [0.2, 0.25) is 0 Å². The summed E-state index contributed by atoms with van der Waals surface area (Å²) in [5, 5.41) is 19.4. The molecule has 20 heavy (non-hydrogen) atoms. The molecule has 4 heteroatoms. The van der Waals surface area contributed by atoms with Crippen LogP contribution in [0.4, 0.5) is 5.69 Å². The molecule has 4 nitrogen and oxygen atoms in total. The zero-order valence-electron chi connectivity index (χ0n) is 11.9. The summed E-state index contributed by atoms with van der Waals surface area (Å²) in [5.74, 6) is 0.0607. The fourth-order valence-corrected chi connectivity index (χ4v) is 1.93. The molecule has 0 atom stereocenters. The van der Waals surface area contributed by atoms with E-state index in [-0.39, 0.29) is 12.4 Å². The Morgan fingerprint density at radius 1 is 1.25 bits per heavy atom. The third-order valence-electron chi connectivity index (χ3n) is 3.44. The van der Waals surface area contributed by atoms with Gasteiger partial charge in [0.1, 0.15) is 5.75 Å². The Hall–Kier alpha value is -2.20. The lowest BCUT2D eigenvalue weighted by Crippen LogP contribution is -1.97. The molecule has 0 unspecified atom stereocenters. The summed E-state index contributed by atoms with van der Waals surface area (Å²) < 4.78 is 0. The highest BCUT2D eigenvalue weighted by molar-refractivity contribution is 5.87. The zero-order valence-corrected chi connectivity index (χ0v) is 11.9. The first-order valence-corrected chi connectivity index (χ1v) is 6.43. The van der Waals surface area contributed by atoms with Gasteiger partial charge in [0, 0.05) is 23.5 Å². The molecule has 0 aliphatic heterocycles. The fraction of sp³-hybridized carbons (Fsp3) is 0.250. The Labute approximate surface area is 118 Å². The number of aliphatic imine (C=N–C) groups is 1. The second-order valence-electron chi connectivity index (χ2n) is 4.77. The first-order valence-electron chi connectivity index (χ1n) is 6.43. The molecule has 2 N–H and O–H groups in total. The van der Waals surface area contributed by atoms with Crippen LogP contribution in [-0.2, 0) is 6.61 Å². The number of aliphatic hydroxyl groups is 1. The van der Waals surface area contributed by atoms with E-state index < -0.39 is 0 Å². The summed E-state index contributed by atoms with van der Waals surface area (Å²) in [6.45, 7) is 5.56. The second kappa shape index (κ2) is 5.84. The van der Waals surface area contributed by atoms with Crippen LogP contribution in [0.1, 0.15) is 27.9 Å². The van der Waals surface area contributed by atoms with E-state index in [1.165, 1.54) is 0 Å². The van der Waals surface area contributed by atoms with E-state index in [0.717, 1.165) is 16.8 Å². The minimum absolute atomic E-state index is 0.0607. The lowest BCUT2D eigenvalue weighted by molar-refractivity contribution is 0.280. The predicted molar refractivity (Wildman–Crippen MR) is 79.7 cm³/mol. The molecule has 0 radical (unpaired) electrons. The SMILES string of the molecule is Cc1cccc(N=Cc2c(CO)cnc(C)c2O)c1C. The Morgan fingerprint density at radius 2 is 2.00 bits per heavy atom. The number of hydrogen-bond acceptors (Lipinski definition) is 4. The van der Waals surface area contributed by atoms with Crippen LogP contribution in [0, 0.1) is 20.8 Å². The molecule has 2 rings (SSSR count). The monoisotopic (exact) mass is 270 g/mol. The van der Waals surface area contributed by atoms with E-state index in [1.807, 2.05) is 32.0 Å². The van der Waals surface area contributed by atoms with Crippen LogP contribution in [0.5, 0.6) is 5.75 Å². The largest absolute Gasteiger partial charge is 0.505 e. The summed E-state index contributed by atoms with van der Waals surface area (Å²) in [6, 6.07) is 5.89. The van der Waals surface area contributed by atoms with Gasteiger partial charge >= 0.3 is 0 Å². The number of aromatic nitrogens is 1. The normalized spacial score (nSPS) is 11.2. The van der Waals surface area contributed by atoms with E-state index in [1.54, 1.807) is 19.3 Å². The van der Waals surface area contributed by atoms with Crippen molar-refractivity contribution in [2.75, 3.05) is 0 Å². The quantitative estimate of drug-likeness (QED) is 0.843. The lowest BCUT2D eigenvalue weighted by atomic mass is 10.1. The summed E-state index contributed by atoms with van der Waals surface area (Å²) in [5.41, 5.74) is 4.70. The number of benzene rings is 1. The van der Waals surface area contributed by atoms with Gasteiger partial charge in [0.05, 0.1) is 18.0 Å². The van der Waals surface area contributed by atoms with E-state index in [0.29, 0.717) is 16.8 Å². The lowest BCUT2D eigenvalue weighted by Gasteiger charge is -2.08. The number of pyridine rings is 1. The predicted octanol–water partition coefficient (Wildman–Crippen LogP) is 2.96. The number of aromatic hydroxyl groups is 1. The maximum Gasteiger partial charge on any atom is 0.145 e. The van der Waals surface area contributed by atoms with Gasteiger partial charge < -0.3 is 10.2 Å². The molecule has 0 amide bonds. The number of hydrogen-bond donors (Lipinski definition) is 2. The van der Waals surface area contributed by atoms with Crippen molar-refractivity contribution in [2.45, 2.75) is 27.4 Å². The number of aliphatic hydroxyl groups excluding tert-OH is 1. The average Bonchev–Trinajstić information content (AvgIpc) is 2.44. The van der Waals surface area contributed by atoms with Gasteiger partial charge in [-0.15, -0.1) is 0 Å². The highest BCUT2D eigenvalue weighted by Crippen LogP contribution is 2.25. The third-order valence-corrected chi connectivity index (χ3v) is 3.44. The average molecular weight is 270 g/mol. The maximum absolute atomic E-state index is 10.0. The molecular formula is C16H18N2O2. The summed E-state index contributed by atoms with van der Waals surface area (Å²) in [4.78, 5) is 8.45. The molecule has 1 aromatic heterocycles. The van der Waals surface area contributed by atoms with Gasteiger partial charge in [-0.1, -0.05) is 12.1 Å². The first-order chi connectivity index (χ1) is 9.54. The standard InChI is InChI=1S/C16H18N2O2/c1-10-5-4-6-15(11(10)2)18-8-14-13(9-19)7-17-12(3)16(14)20/h4-8,19-20H,9H2,1-3H3. The molecule has 0 bridgehead atoms. The van der Waals surface area contributed by atoms with E-state index in [9.17, 15) is 10.2 Å². The molecule has 0 aliphatic rings. The molecule has 0 spiro atoms. The minimum Gasteiger partial charge on any atom is -0.505 e. The van der Waals surface area contributed by atoms with Crippen molar-refractivity contribution in [2.24, 2.45) is 4.99 Å². The number of rotatable bonds is 3. The maximum atomic E-state index is 10.0. The molecule has 0 saturated carbocycles.